The summed E-state index contributed by atoms with van der Waals surface area (Å²) in [7, 11) is 0. The number of nitrogens with zero attached hydrogens (tertiary/aromatic N) is 2. The van der Waals surface area contributed by atoms with Crippen molar-refractivity contribution in [2.24, 2.45) is 5.16 Å². The summed E-state index contributed by atoms with van der Waals surface area (Å²) >= 11 is 0. The van der Waals surface area contributed by atoms with Crippen LogP contribution in [0.1, 0.15) is 24.2 Å². The van der Waals surface area contributed by atoms with Crippen molar-refractivity contribution in [3.05, 3.63) is 35.9 Å². The van der Waals surface area contributed by atoms with Gasteiger partial charge in [-0.15, -0.1) is 0 Å². The average molecular weight is 235 g/mol. The monoisotopic (exact) mass is 235 g/mol. The molecule has 1 aromatic carbocycles. The Labute approximate surface area is 101 Å². The van der Waals surface area contributed by atoms with Crippen LogP contribution in [-0.4, -0.2) is 35.1 Å². The van der Waals surface area contributed by atoms with Gasteiger partial charge in [0.2, 0.25) is 5.96 Å². The van der Waals surface area contributed by atoms with Crippen LogP contribution in [-0.2, 0) is 0 Å². The zero-order valence-corrected chi connectivity index (χ0v) is 10.1. The minimum Gasteiger partial charge on any atom is -0.408 e. The largest absolute Gasteiger partial charge is 0.408 e. The summed E-state index contributed by atoms with van der Waals surface area (Å²) in [6.07, 6.45) is 0. The van der Waals surface area contributed by atoms with Crippen molar-refractivity contribution >= 4 is 11.9 Å². The maximum atomic E-state index is 11.8. The van der Waals surface area contributed by atoms with Crippen molar-refractivity contribution in [3.8, 4) is 0 Å². The van der Waals surface area contributed by atoms with Gasteiger partial charge in [-0.3, -0.25) is 10.1 Å². The summed E-state index contributed by atoms with van der Waals surface area (Å²) < 4.78 is 0. The van der Waals surface area contributed by atoms with Gasteiger partial charge in [-0.1, -0.05) is 23.4 Å². The Morgan fingerprint density at radius 1 is 1.29 bits per heavy atom. The van der Waals surface area contributed by atoms with E-state index in [1.165, 1.54) is 0 Å². The van der Waals surface area contributed by atoms with Gasteiger partial charge in [0, 0.05) is 18.7 Å². The van der Waals surface area contributed by atoms with Crippen LogP contribution in [0.15, 0.2) is 35.5 Å². The summed E-state index contributed by atoms with van der Waals surface area (Å²) in [5.74, 6) is -0.117. The molecule has 0 saturated carbocycles. The number of carbonyl (C=O) groups excluding carboxylic acids is 1. The molecule has 1 aromatic rings. The molecule has 5 heteroatoms. The SMILES string of the molecule is CCN(CC)/C(=N\O)NC(=O)c1ccccc1. The number of hydrogen-bond donors (Lipinski definition) is 2. The van der Waals surface area contributed by atoms with E-state index in [1.807, 2.05) is 19.9 Å². The van der Waals surface area contributed by atoms with Gasteiger partial charge < -0.3 is 10.1 Å². The Kier molecular flexibility index (Phi) is 5.00. The summed E-state index contributed by atoms with van der Waals surface area (Å²) in [6.45, 7) is 5.16. The third-order valence-corrected chi connectivity index (χ3v) is 2.42. The van der Waals surface area contributed by atoms with E-state index < -0.39 is 0 Å². The molecular formula is C12H17N3O2. The van der Waals surface area contributed by atoms with Crippen molar-refractivity contribution in [1.82, 2.24) is 10.2 Å². The normalized spacial score (nSPS) is 11.1. The molecule has 0 unspecified atom stereocenters. The smallest absolute Gasteiger partial charge is 0.258 e. The standard InChI is InChI=1S/C12H17N3O2/c1-3-15(4-2)12(14-17)13-11(16)10-8-6-5-7-9-10/h5-9,17H,3-4H2,1-2H3,(H,13,14,16). The fourth-order valence-corrected chi connectivity index (χ4v) is 1.45. The molecule has 0 bridgehead atoms. The summed E-state index contributed by atoms with van der Waals surface area (Å²) in [4.78, 5) is 13.6. The van der Waals surface area contributed by atoms with E-state index in [1.54, 1.807) is 29.2 Å². The Morgan fingerprint density at radius 3 is 2.35 bits per heavy atom. The first-order valence-electron chi connectivity index (χ1n) is 5.56. The van der Waals surface area contributed by atoms with E-state index in [2.05, 4.69) is 10.5 Å². The summed E-state index contributed by atoms with van der Waals surface area (Å²) in [5.41, 5.74) is 0.529. The molecule has 0 spiro atoms. The Morgan fingerprint density at radius 2 is 1.88 bits per heavy atom. The highest BCUT2D eigenvalue weighted by Crippen LogP contribution is 1.99. The third kappa shape index (κ3) is 3.48. The summed E-state index contributed by atoms with van der Waals surface area (Å²) in [6, 6.07) is 8.80. The van der Waals surface area contributed by atoms with Crippen molar-refractivity contribution in [3.63, 3.8) is 0 Å². The van der Waals surface area contributed by atoms with E-state index in [0.717, 1.165) is 0 Å². The highest BCUT2D eigenvalue weighted by atomic mass is 16.4. The van der Waals surface area contributed by atoms with Crippen LogP contribution in [0.4, 0.5) is 0 Å². The molecule has 2 N–H and O–H groups in total. The maximum Gasteiger partial charge on any atom is 0.258 e. The van der Waals surface area contributed by atoms with Gasteiger partial charge in [0.25, 0.3) is 5.91 Å². The van der Waals surface area contributed by atoms with Gasteiger partial charge in [-0.05, 0) is 26.0 Å². The molecule has 5 nitrogen and oxygen atoms in total. The van der Waals surface area contributed by atoms with E-state index >= 15 is 0 Å². The molecule has 0 atom stereocenters. The molecule has 0 fully saturated rings. The molecule has 0 aromatic heterocycles. The lowest BCUT2D eigenvalue weighted by Gasteiger charge is -2.21. The molecule has 0 heterocycles. The van der Waals surface area contributed by atoms with Gasteiger partial charge in [-0.25, -0.2) is 0 Å². The van der Waals surface area contributed by atoms with Crippen LogP contribution in [0.3, 0.4) is 0 Å². The zero-order chi connectivity index (χ0) is 12.7. The number of guanidine groups is 1. The molecule has 1 rings (SSSR count). The Bertz CT molecular complexity index is 386. The van der Waals surface area contributed by atoms with Gasteiger partial charge >= 0.3 is 0 Å². The highest BCUT2D eigenvalue weighted by molar-refractivity contribution is 6.05. The van der Waals surface area contributed by atoms with Gasteiger partial charge in [-0.2, -0.15) is 0 Å². The Balaban J connectivity index is 2.73. The molecule has 0 aliphatic carbocycles. The molecule has 0 saturated heterocycles. The first-order chi connectivity index (χ1) is 8.22. The van der Waals surface area contributed by atoms with Crippen LogP contribution in [0.2, 0.25) is 0 Å². The second-order valence-electron chi connectivity index (χ2n) is 3.42. The second kappa shape index (κ2) is 6.52. The van der Waals surface area contributed by atoms with E-state index in [9.17, 15) is 4.79 Å². The second-order valence-corrected chi connectivity index (χ2v) is 3.42. The fourth-order valence-electron chi connectivity index (χ4n) is 1.45. The molecule has 0 aliphatic rings. The van der Waals surface area contributed by atoms with Gasteiger partial charge in [0.1, 0.15) is 0 Å². The van der Waals surface area contributed by atoms with Gasteiger partial charge in [0.05, 0.1) is 0 Å². The quantitative estimate of drug-likeness (QED) is 0.361. The van der Waals surface area contributed by atoms with Crippen LogP contribution in [0.5, 0.6) is 0 Å². The molecule has 17 heavy (non-hydrogen) atoms. The predicted molar refractivity (Wildman–Crippen MR) is 66.1 cm³/mol. The van der Waals surface area contributed by atoms with E-state index in [4.69, 9.17) is 5.21 Å². The minimum atomic E-state index is -0.287. The zero-order valence-electron chi connectivity index (χ0n) is 10.1. The number of carbonyl (C=O) groups is 1. The lowest BCUT2D eigenvalue weighted by atomic mass is 10.2. The van der Waals surface area contributed by atoms with Gasteiger partial charge in [0.15, 0.2) is 0 Å². The highest BCUT2D eigenvalue weighted by Gasteiger charge is 2.13. The van der Waals surface area contributed by atoms with Crippen LogP contribution in [0.25, 0.3) is 0 Å². The predicted octanol–water partition coefficient (Wildman–Crippen LogP) is 1.50. The lowest BCUT2D eigenvalue weighted by Crippen LogP contribution is -2.44. The van der Waals surface area contributed by atoms with Crippen molar-refractivity contribution in [2.45, 2.75) is 13.8 Å². The average Bonchev–Trinajstić information content (AvgIpc) is 2.39. The number of amides is 1. The topological polar surface area (TPSA) is 64.9 Å². The van der Waals surface area contributed by atoms with Crippen LogP contribution in [0, 0.1) is 0 Å². The number of oxime groups is 1. The molecule has 0 aliphatic heterocycles. The van der Waals surface area contributed by atoms with E-state index in [0.29, 0.717) is 18.7 Å². The van der Waals surface area contributed by atoms with Crippen LogP contribution < -0.4 is 5.32 Å². The number of hydrogen-bond acceptors (Lipinski definition) is 3. The minimum absolute atomic E-state index is 0.170. The molecule has 92 valence electrons. The summed E-state index contributed by atoms with van der Waals surface area (Å²) in [5, 5.41) is 14.6. The molecular weight excluding hydrogens is 218 g/mol. The maximum absolute atomic E-state index is 11.8. The first kappa shape index (κ1) is 13.0. The van der Waals surface area contributed by atoms with E-state index in [-0.39, 0.29) is 11.9 Å². The number of nitrogens with one attached hydrogen (secondary N) is 1. The third-order valence-electron chi connectivity index (χ3n) is 2.42. The number of benzene rings is 1. The van der Waals surface area contributed by atoms with Crippen LogP contribution >= 0.6 is 0 Å². The fraction of sp³-hybridized carbons (Fsp3) is 0.333. The van der Waals surface area contributed by atoms with Crippen molar-refractivity contribution in [1.29, 1.82) is 0 Å². The lowest BCUT2D eigenvalue weighted by molar-refractivity contribution is 0.0970. The molecule has 1 amide bonds. The first-order valence-corrected chi connectivity index (χ1v) is 5.56. The molecule has 0 radical (unpaired) electrons. The Hall–Kier alpha value is -2.04. The van der Waals surface area contributed by atoms with Crippen molar-refractivity contribution in [2.75, 3.05) is 13.1 Å². The van der Waals surface area contributed by atoms with Crippen molar-refractivity contribution < 1.29 is 10.0 Å². The number of rotatable bonds is 3.